The smallest absolute Gasteiger partial charge is 0.248 e. The number of Topliss-reactive ketones (excluding diaryl/α,β-unsaturated/α-hetero) is 1. The van der Waals surface area contributed by atoms with Crippen LogP contribution < -0.4 is 5.73 Å². The summed E-state index contributed by atoms with van der Waals surface area (Å²) < 4.78 is 0. The Morgan fingerprint density at radius 3 is 2.40 bits per heavy atom. The number of carbonyl (C=O) groups excluding carboxylic acids is 3. The van der Waals surface area contributed by atoms with E-state index in [0.29, 0.717) is 6.29 Å². The monoisotopic (exact) mass is 207 g/mol. The van der Waals surface area contributed by atoms with Gasteiger partial charge in [-0.2, -0.15) is 0 Å². The lowest BCUT2D eigenvalue weighted by atomic mass is 10.0. The number of phenolic OH excluding ortho intramolecular Hbond substituents is 1. The third-order valence-corrected chi connectivity index (χ3v) is 1.93. The second-order valence-corrected chi connectivity index (χ2v) is 3.00. The molecule has 78 valence electrons. The van der Waals surface area contributed by atoms with Crippen LogP contribution >= 0.6 is 0 Å². The zero-order valence-corrected chi connectivity index (χ0v) is 7.98. The van der Waals surface area contributed by atoms with Crippen LogP contribution in [-0.4, -0.2) is 23.1 Å². The van der Waals surface area contributed by atoms with Crippen LogP contribution in [0.25, 0.3) is 0 Å². The maximum Gasteiger partial charge on any atom is 0.248 e. The molecule has 5 heteroatoms. The Kier molecular flexibility index (Phi) is 2.85. The number of hydrogen-bond donors (Lipinski definition) is 2. The summed E-state index contributed by atoms with van der Waals surface area (Å²) in [6.45, 7) is 1.22. The van der Waals surface area contributed by atoms with Crippen LogP contribution in [0.1, 0.15) is 38.0 Å². The van der Waals surface area contributed by atoms with Crippen molar-refractivity contribution in [1.29, 1.82) is 0 Å². The molecule has 1 aromatic rings. The molecule has 0 heterocycles. The Morgan fingerprint density at radius 1 is 1.40 bits per heavy atom. The number of carbonyl (C=O) groups is 3. The molecule has 0 aliphatic rings. The highest BCUT2D eigenvalue weighted by Gasteiger charge is 2.14. The summed E-state index contributed by atoms with van der Waals surface area (Å²) in [6.07, 6.45) is 0.355. The standard InChI is InChI=1S/C10H9NO4/c1-5(13)8-3-6(10(11)15)2-7(4-12)9(8)14/h2-4,14H,1H3,(H2,11,15). The van der Waals surface area contributed by atoms with Crippen LogP contribution in [0.15, 0.2) is 12.1 Å². The molecule has 0 radical (unpaired) electrons. The summed E-state index contributed by atoms with van der Waals surface area (Å²) in [5, 5.41) is 9.46. The molecule has 0 atom stereocenters. The van der Waals surface area contributed by atoms with E-state index in [1.807, 2.05) is 0 Å². The van der Waals surface area contributed by atoms with Gasteiger partial charge in [0.25, 0.3) is 0 Å². The van der Waals surface area contributed by atoms with Gasteiger partial charge in [0.1, 0.15) is 5.75 Å². The van der Waals surface area contributed by atoms with Gasteiger partial charge in [-0.05, 0) is 19.1 Å². The van der Waals surface area contributed by atoms with Gasteiger partial charge >= 0.3 is 0 Å². The van der Waals surface area contributed by atoms with Crippen LogP contribution in [0, 0.1) is 0 Å². The maximum atomic E-state index is 11.1. The third kappa shape index (κ3) is 2.01. The van der Waals surface area contributed by atoms with Gasteiger partial charge in [0.05, 0.1) is 11.1 Å². The lowest BCUT2D eigenvalue weighted by molar-refractivity contribution is 0.1000. The van der Waals surface area contributed by atoms with Crippen molar-refractivity contribution in [2.75, 3.05) is 0 Å². The minimum atomic E-state index is -0.763. The fourth-order valence-corrected chi connectivity index (χ4v) is 1.16. The van der Waals surface area contributed by atoms with Gasteiger partial charge < -0.3 is 10.8 Å². The quantitative estimate of drug-likeness (QED) is 0.557. The van der Waals surface area contributed by atoms with Crippen LogP contribution in [-0.2, 0) is 0 Å². The maximum absolute atomic E-state index is 11.1. The van der Waals surface area contributed by atoms with E-state index < -0.39 is 17.4 Å². The molecular weight excluding hydrogens is 198 g/mol. The van der Waals surface area contributed by atoms with E-state index in [1.165, 1.54) is 6.92 Å². The summed E-state index contributed by atoms with van der Waals surface area (Å²) in [7, 11) is 0. The van der Waals surface area contributed by atoms with Crippen molar-refractivity contribution < 1.29 is 19.5 Å². The van der Waals surface area contributed by atoms with Crippen molar-refractivity contribution in [2.24, 2.45) is 5.73 Å². The van der Waals surface area contributed by atoms with Crippen molar-refractivity contribution in [2.45, 2.75) is 6.92 Å². The van der Waals surface area contributed by atoms with Crippen LogP contribution in [0.5, 0.6) is 5.75 Å². The number of hydrogen-bond acceptors (Lipinski definition) is 4. The highest BCUT2D eigenvalue weighted by atomic mass is 16.3. The Balaban J connectivity index is 3.51. The van der Waals surface area contributed by atoms with E-state index in [-0.39, 0.29) is 16.7 Å². The number of aromatic hydroxyl groups is 1. The molecule has 0 fully saturated rings. The zero-order chi connectivity index (χ0) is 11.6. The zero-order valence-electron chi connectivity index (χ0n) is 7.98. The average Bonchev–Trinajstić information content (AvgIpc) is 2.17. The number of primary amides is 1. The van der Waals surface area contributed by atoms with E-state index in [4.69, 9.17) is 5.73 Å². The van der Waals surface area contributed by atoms with Gasteiger partial charge in [-0.1, -0.05) is 0 Å². The molecule has 1 rings (SSSR count). The van der Waals surface area contributed by atoms with E-state index in [2.05, 4.69) is 0 Å². The highest BCUT2D eigenvalue weighted by Crippen LogP contribution is 2.23. The molecule has 0 saturated carbocycles. The summed E-state index contributed by atoms with van der Waals surface area (Å²) >= 11 is 0. The van der Waals surface area contributed by atoms with E-state index in [1.54, 1.807) is 0 Å². The predicted octanol–water partition coefficient (Wildman–Crippen LogP) is 0.506. The van der Waals surface area contributed by atoms with Crippen LogP contribution in [0.2, 0.25) is 0 Å². The van der Waals surface area contributed by atoms with Crippen molar-refractivity contribution in [3.63, 3.8) is 0 Å². The molecule has 3 N–H and O–H groups in total. The summed E-state index contributed by atoms with van der Waals surface area (Å²) in [5.41, 5.74) is 4.80. The van der Waals surface area contributed by atoms with Gasteiger partial charge in [0.2, 0.25) is 5.91 Å². The Hall–Kier alpha value is -2.17. The topological polar surface area (TPSA) is 97.5 Å². The molecule has 5 nitrogen and oxygen atoms in total. The molecule has 0 aliphatic heterocycles. The number of nitrogens with two attached hydrogens (primary N) is 1. The van der Waals surface area contributed by atoms with Crippen LogP contribution in [0.3, 0.4) is 0 Å². The first-order valence-electron chi connectivity index (χ1n) is 4.10. The predicted molar refractivity (Wildman–Crippen MR) is 52.0 cm³/mol. The lowest BCUT2D eigenvalue weighted by Crippen LogP contribution is -2.12. The summed E-state index contributed by atoms with van der Waals surface area (Å²) in [5.74, 6) is -1.64. The highest BCUT2D eigenvalue weighted by molar-refractivity contribution is 6.03. The number of rotatable bonds is 3. The minimum absolute atomic E-state index is 0.0140. The average molecular weight is 207 g/mol. The van der Waals surface area contributed by atoms with E-state index in [0.717, 1.165) is 12.1 Å². The normalized spacial score (nSPS) is 9.67. The first-order chi connectivity index (χ1) is 6.97. The molecule has 15 heavy (non-hydrogen) atoms. The molecule has 0 saturated heterocycles. The molecule has 0 unspecified atom stereocenters. The minimum Gasteiger partial charge on any atom is -0.506 e. The van der Waals surface area contributed by atoms with Crippen LogP contribution in [0.4, 0.5) is 0 Å². The SMILES string of the molecule is CC(=O)c1cc(C(N)=O)cc(C=O)c1O. The molecule has 1 aromatic carbocycles. The van der Waals surface area contributed by atoms with Crippen molar-refractivity contribution in [1.82, 2.24) is 0 Å². The molecular formula is C10H9NO4. The molecule has 1 amide bonds. The number of benzene rings is 1. The van der Waals surface area contributed by atoms with Gasteiger partial charge in [0.15, 0.2) is 12.1 Å². The van der Waals surface area contributed by atoms with E-state index >= 15 is 0 Å². The summed E-state index contributed by atoms with van der Waals surface area (Å²) in [4.78, 5) is 32.5. The van der Waals surface area contributed by atoms with Gasteiger partial charge in [-0.3, -0.25) is 14.4 Å². The fraction of sp³-hybridized carbons (Fsp3) is 0.100. The second-order valence-electron chi connectivity index (χ2n) is 3.00. The molecule has 0 spiro atoms. The second kappa shape index (κ2) is 3.91. The Labute approximate surface area is 85.5 Å². The largest absolute Gasteiger partial charge is 0.506 e. The third-order valence-electron chi connectivity index (χ3n) is 1.93. The first-order valence-corrected chi connectivity index (χ1v) is 4.10. The number of aldehydes is 1. The van der Waals surface area contributed by atoms with Gasteiger partial charge in [-0.25, -0.2) is 0 Å². The van der Waals surface area contributed by atoms with Crippen molar-refractivity contribution in [3.8, 4) is 5.75 Å². The van der Waals surface area contributed by atoms with Crippen molar-refractivity contribution >= 4 is 18.0 Å². The number of ketones is 1. The number of amides is 1. The van der Waals surface area contributed by atoms with E-state index in [9.17, 15) is 19.5 Å². The first kappa shape index (κ1) is 10.9. The molecule has 0 aromatic heterocycles. The Bertz CT molecular complexity index is 451. The number of phenols is 1. The lowest BCUT2D eigenvalue weighted by Gasteiger charge is -2.05. The fourth-order valence-electron chi connectivity index (χ4n) is 1.16. The Morgan fingerprint density at radius 2 is 2.00 bits per heavy atom. The molecule has 0 aliphatic carbocycles. The van der Waals surface area contributed by atoms with Crippen molar-refractivity contribution in [3.05, 3.63) is 28.8 Å². The van der Waals surface area contributed by atoms with Gasteiger partial charge in [-0.15, -0.1) is 0 Å². The van der Waals surface area contributed by atoms with Gasteiger partial charge in [0, 0.05) is 5.56 Å². The summed E-state index contributed by atoms with van der Waals surface area (Å²) in [6, 6.07) is 2.30. The molecule has 0 bridgehead atoms.